The molecule has 1 heterocycles. The number of nitrogen functional groups attached to an aromatic ring is 1. The Morgan fingerprint density at radius 2 is 2.24 bits per heavy atom. The Morgan fingerprint density at radius 3 is 2.88 bits per heavy atom. The van der Waals surface area contributed by atoms with Crippen LogP contribution >= 0.6 is 27.3 Å². The van der Waals surface area contributed by atoms with Gasteiger partial charge in [0, 0.05) is 15.0 Å². The third-order valence-electron chi connectivity index (χ3n) is 2.18. The normalized spacial score (nSPS) is 10.2. The van der Waals surface area contributed by atoms with Crippen LogP contribution in [0.25, 0.3) is 0 Å². The number of halogens is 1. The number of hydrogen-bond donors (Lipinski definition) is 2. The van der Waals surface area contributed by atoms with E-state index < -0.39 is 0 Å². The van der Waals surface area contributed by atoms with Crippen LogP contribution < -0.4 is 11.1 Å². The molecule has 5 heteroatoms. The fourth-order valence-corrected chi connectivity index (χ4v) is 2.60. The summed E-state index contributed by atoms with van der Waals surface area (Å²) in [4.78, 5) is 12.8. The number of thiophene rings is 1. The average Bonchev–Trinajstić information content (AvgIpc) is 2.75. The maximum absolute atomic E-state index is 11.8. The zero-order chi connectivity index (χ0) is 12.3. The van der Waals surface area contributed by atoms with Crippen molar-refractivity contribution in [3.05, 3.63) is 45.1 Å². The van der Waals surface area contributed by atoms with E-state index in [1.165, 1.54) is 0 Å². The van der Waals surface area contributed by atoms with E-state index in [4.69, 9.17) is 5.73 Å². The molecule has 0 saturated carbocycles. The summed E-state index contributed by atoms with van der Waals surface area (Å²) >= 11 is 4.94. The number of hydrogen-bond acceptors (Lipinski definition) is 3. The minimum atomic E-state index is -0.0297. The van der Waals surface area contributed by atoms with Crippen LogP contribution in [-0.2, 0) is 11.2 Å². The summed E-state index contributed by atoms with van der Waals surface area (Å²) in [5.74, 6) is -0.0297. The number of carbonyl (C=O) groups excluding carboxylic acids is 1. The Balaban J connectivity index is 2.03. The zero-order valence-electron chi connectivity index (χ0n) is 8.94. The maximum atomic E-state index is 11.8. The van der Waals surface area contributed by atoms with Gasteiger partial charge in [-0.3, -0.25) is 4.79 Å². The highest BCUT2D eigenvalue weighted by atomic mass is 79.9. The van der Waals surface area contributed by atoms with Gasteiger partial charge in [0.25, 0.3) is 0 Å². The summed E-state index contributed by atoms with van der Waals surface area (Å²) < 4.78 is 0.789. The smallest absolute Gasteiger partial charge is 0.229 e. The molecule has 2 aromatic rings. The Labute approximate surface area is 112 Å². The van der Waals surface area contributed by atoms with Gasteiger partial charge in [0.2, 0.25) is 5.91 Å². The van der Waals surface area contributed by atoms with Crippen LogP contribution in [0.2, 0.25) is 0 Å². The maximum Gasteiger partial charge on any atom is 0.229 e. The van der Waals surface area contributed by atoms with E-state index >= 15 is 0 Å². The number of rotatable bonds is 3. The van der Waals surface area contributed by atoms with Crippen molar-refractivity contribution in [2.45, 2.75) is 6.42 Å². The van der Waals surface area contributed by atoms with Crippen molar-refractivity contribution in [3.8, 4) is 0 Å². The van der Waals surface area contributed by atoms with Gasteiger partial charge in [0.1, 0.15) is 0 Å². The van der Waals surface area contributed by atoms with E-state index in [1.54, 1.807) is 29.5 Å². The highest BCUT2D eigenvalue weighted by Crippen LogP contribution is 2.24. The number of nitrogens with one attached hydrogen (secondary N) is 1. The first kappa shape index (κ1) is 12.1. The topological polar surface area (TPSA) is 55.1 Å². The summed E-state index contributed by atoms with van der Waals surface area (Å²) in [6, 6.07) is 9.19. The lowest BCUT2D eigenvalue weighted by atomic mass is 10.2. The van der Waals surface area contributed by atoms with Gasteiger partial charge in [-0.1, -0.05) is 6.07 Å². The summed E-state index contributed by atoms with van der Waals surface area (Å²) in [5.41, 5.74) is 7.02. The molecule has 2 rings (SSSR count). The van der Waals surface area contributed by atoms with Crippen LogP contribution in [0.15, 0.2) is 40.2 Å². The Morgan fingerprint density at radius 1 is 1.41 bits per heavy atom. The minimum Gasteiger partial charge on any atom is -0.399 e. The Hall–Kier alpha value is -1.33. The lowest BCUT2D eigenvalue weighted by Crippen LogP contribution is -2.14. The van der Waals surface area contributed by atoms with Gasteiger partial charge in [-0.05, 0) is 45.6 Å². The van der Waals surface area contributed by atoms with Crippen LogP contribution in [0.3, 0.4) is 0 Å². The van der Waals surface area contributed by atoms with Gasteiger partial charge in [-0.2, -0.15) is 0 Å². The summed E-state index contributed by atoms with van der Waals surface area (Å²) in [5, 5.41) is 4.80. The third kappa shape index (κ3) is 3.31. The third-order valence-corrected chi connectivity index (χ3v) is 3.71. The molecule has 0 atom stereocenters. The first-order valence-corrected chi connectivity index (χ1v) is 6.69. The monoisotopic (exact) mass is 310 g/mol. The molecule has 0 spiro atoms. The van der Waals surface area contributed by atoms with Gasteiger partial charge in [0.05, 0.1) is 12.1 Å². The van der Waals surface area contributed by atoms with Crippen LogP contribution in [0.4, 0.5) is 11.4 Å². The van der Waals surface area contributed by atoms with Crippen LogP contribution in [0.1, 0.15) is 4.88 Å². The van der Waals surface area contributed by atoms with Crippen molar-refractivity contribution in [2.75, 3.05) is 11.1 Å². The number of anilines is 2. The quantitative estimate of drug-likeness (QED) is 0.855. The molecule has 0 saturated heterocycles. The molecule has 0 fully saturated rings. The first-order chi connectivity index (χ1) is 8.15. The van der Waals surface area contributed by atoms with E-state index in [2.05, 4.69) is 21.2 Å². The molecule has 0 aliphatic rings. The number of carbonyl (C=O) groups is 1. The largest absolute Gasteiger partial charge is 0.399 e. The second-order valence-electron chi connectivity index (χ2n) is 3.54. The van der Waals surface area contributed by atoms with E-state index in [0.717, 1.165) is 15.0 Å². The molecule has 0 unspecified atom stereocenters. The lowest BCUT2D eigenvalue weighted by molar-refractivity contribution is -0.115. The van der Waals surface area contributed by atoms with E-state index in [1.807, 2.05) is 17.5 Å². The molecule has 0 aliphatic carbocycles. The number of benzene rings is 1. The molecule has 0 aliphatic heterocycles. The van der Waals surface area contributed by atoms with Gasteiger partial charge in [0.15, 0.2) is 0 Å². The van der Waals surface area contributed by atoms with Crippen molar-refractivity contribution < 1.29 is 4.79 Å². The predicted molar refractivity (Wildman–Crippen MR) is 75.2 cm³/mol. The minimum absolute atomic E-state index is 0.0297. The molecule has 1 aromatic heterocycles. The van der Waals surface area contributed by atoms with Gasteiger partial charge in [-0.25, -0.2) is 0 Å². The Bertz CT molecular complexity index is 525. The molecule has 17 heavy (non-hydrogen) atoms. The second-order valence-corrected chi connectivity index (χ2v) is 5.43. The van der Waals surface area contributed by atoms with E-state index in [9.17, 15) is 4.79 Å². The fraction of sp³-hybridized carbons (Fsp3) is 0.0833. The van der Waals surface area contributed by atoms with Crippen molar-refractivity contribution in [2.24, 2.45) is 0 Å². The molecular weight excluding hydrogens is 300 g/mol. The standard InChI is InChI=1S/C12H11BrN2OS/c13-10-6-8(14)3-4-11(10)15-12(16)7-9-2-1-5-17-9/h1-6H,7,14H2,(H,15,16). The van der Waals surface area contributed by atoms with Crippen molar-refractivity contribution in [1.29, 1.82) is 0 Å². The van der Waals surface area contributed by atoms with Crippen molar-refractivity contribution in [1.82, 2.24) is 0 Å². The van der Waals surface area contributed by atoms with Gasteiger partial charge in [-0.15, -0.1) is 11.3 Å². The van der Waals surface area contributed by atoms with Gasteiger partial charge >= 0.3 is 0 Å². The fourth-order valence-electron chi connectivity index (χ4n) is 1.40. The molecule has 3 N–H and O–H groups in total. The molecule has 1 aromatic carbocycles. The SMILES string of the molecule is Nc1ccc(NC(=O)Cc2cccs2)c(Br)c1. The zero-order valence-corrected chi connectivity index (χ0v) is 11.3. The Kier molecular flexibility index (Phi) is 3.81. The molecule has 0 radical (unpaired) electrons. The summed E-state index contributed by atoms with van der Waals surface area (Å²) in [6.45, 7) is 0. The highest BCUT2D eigenvalue weighted by Gasteiger charge is 2.07. The van der Waals surface area contributed by atoms with Crippen LogP contribution in [0, 0.1) is 0 Å². The van der Waals surface area contributed by atoms with Crippen LogP contribution in [0.5, 0.6) is 0 Å². The van der Waals surface area contributed by atoms with E-state index in [-0.39, 0.29) is 5.91 Å². The average molecular weight is 311 g/mol. The molecule has 88 valence electrons. The number of amides is 1. The molecule has 3 nitrogen and oxygen atoms in total. The second kappa shape index (κ2) is 5.33. The van der Waals surface area contributed by atoms with Crippen molar-refractivity contribution >= 4 is 44.5 Å². The molecule has 0 bridgehead atoms. The predicted octanol–water partition coefficient (Wildman–Crippen LogP) is 3.27. The summed E-state index contributed by atoms with van der Waals surface area (Å²) in [6.07, 6.45) is 0.397. The van der Waals surface area contributed by atoms with Crippen LogP contribution in [-0.4, -0.2) is 5.91 Å². The number of nitrogens with two attached hydrogens (primary N) is 1. The van der Waals surface area contributed by atoms with Gasteiger partial charge < -0.3 is 11.1 Å². The molecule has 1 amide bonds. The first-order valence-electron chi connectivity index (χ1n) is 5.02. The highest BCUT2D eigenvalue weighted by molar-refractivity contribution is 9.10. The van der Waals surface area contributed by atoms with E-state index in [0.29, 0.717) is 12.1 Å². The lowest BCUT2D eigenvalue weighted by Gasteiger charge is -2.07. The summed E-state index contributed by atoms with van der Waals surface area (Å²) in [7, 11) is 0. The van der Waals surface area contributed by atoms with Crippen molar-refractivity contribution in [3.63, 3.8) is 0 Å². The molecular formula is C12H11BrN2OS.